The maximum Gasteiger partial charge on any atom is 0.232 e. The van der Waals surface area contributed by atoms with Gasteiger partial charge in [0, 0.05) is 24.1 Å². The van der Waals surface area contributed by atoms with E-state index in [-0.39, 0.29) is 12.3 Å². The zero-order chi connectivity index (χ0) is 16.4. The number of nitrogens with zero attached hydrogens (tertiary/aromatic N) is 5. The Morgan fingerprint density at radius 3 is 2.43 bits per heavy atom. The van der Waals surface area contributed by atoms with Crippen molar-refractivity contribution in [2.75, 3.05) is 5.32 Å². The summed E-state index contributed by atoms with van der Waals surface area (Å²) in [5.41, 5.74) is 3.85. The van der Waals surface area contributed by atoms with Crippen LogP contribution in [0.15, 0.2) is 36.9 Å². The molecule has 23 heavy (non-hydrogen) atoms. The van der Waals surface area contributed by atoms with Crippen molar-refractivity contribution in [3.8, 4) is 5.69 Å². The van der Waals surface area contributed by atoms with Gasteiger partial charge in [-0.15, -0.1) is 0 Å². The Kier molecular flexibility index (Phi) is 3.92. The third-order valence-electron chi connectivity index (χ3n) is 3.65. The maximum atomic E-state index is 12.0. The molecule has 0 fully saturated rings. The molecule has 1 N–H and O–H groups in total. The number of aryl methyl sites for hydroxylation is 2. The van der Waals surface area contributed by atoms with Gasteiger partial charge in [-0.2, -0.15) is 5.10 Å². The Hall–Kier alpha value is -2.96. The number of aromatic nitrogens is 5. The van der Waals surface area contributed by atoms with Crippen molar-refractivity contribution in [3.05, 3.63) is 54.1 Å². The molecule has 1 amide bonds. The van der Waals surface area contributed by atoms with Gasteiger partial charge >= 0.3 is 0 Å². The quantitative estimate of drug-likeness (QED) is 0.797. The number of hydrogen-bond acceptors (Lipinski definition) is 4. The van der Waals surface area contributed by atoms with Crippen LogP contribution in [0, 0.1) is 13.8 Å². The Morgan fingerprint density at radius 1 is 1.13 bits per heavy atom. The first-order valence-electron chi connectivity index (χ1n) is 7.28. The standard InChI is InChI=1S/C16H18N6O/c1-11-12(2)22(10-17-11)14-6-4-13(5-7-14)19-16(23)8-15-18-9-21(3)20-15/h4-7,9-10H,8H2,1-3H3,(H,19,23). The number of carbonyl (C=O) groups excluding carboxylic acids is 1. The SMILES string of the molecule is Cc1ncn(-c2ccc(NC(=O)Cc3ncn(C)n3)cc2)c1C. The first-order chi connectivity index (χ1) is 11.0. The lowest BCUT2D eigenvalue weighted by Crippen LogP contribution is -2.15. The monoisotopic (exact) mass is 310 g/mol. The summed E-state index contributed by atoms with van der Waals surface area (Å²) in [6, 6.07) is 7.63. The van der Waals surface area contributed by atoms with Crippen molar-refractivity contribution in [2.24, 2.45) is 7.05 Å². The van der Waals surface area contributed by atoms with Crippen molar-refractivity contribution in [2.45, 2.75) is 20.3 Å². The Morgan fingerprint density at radius 2 is 1.87 bits per heavy atom. The minimum atomic E-state index is -0.140. The molecule has 0 atom stereocenters. The molecule has 0 aliphatic heterocycles. The highest BCUT2D eigenvalue weighted by Gasteiger charge is 2.08. The largest absolute Gasteiger partial charge is 0.326 e. The van der Waals surface area contributed by atoms with Crippen LogP contribution in [0.1, 0.15) is 17.2 Å². The van der Waals surface area contributed by atoms with Gasteiger partial charge in [-0.1, -0.05) is 0 Å². The van der Waals surface area contributed by atoms with Crippen molar-refractivity contribution >= 4 is 11.6 Å². The second kappa shape index (κ2) is 6.04. The van der Waals surface area contributed by atoms with Gasteiger partial charge in [-0.05, 0) is 38.1 Å². The molecule has 0 bridgehead atoms. The van der Waals surface area contributed by atoms with E-state index in [0.717, 1.165) is 22.8 Å². The summed E-state index contributed by atoms with van der Waals surface area (Å²) in [5.74, 6) is 0.366. The second-order valence-corrected chi connectivity index (χ2v) is 5.39. The van der Waals surface area contributed by atoms with E-state index in [4.69, 9.17) is 0 Å². The fraction of sp³-hybridized carbons (Fsp3) is 0.250. The molecule has 0 aliphatic carbocycles. The Bertz CT molecular complexity index is 831. The van der Waals surface area contributed by atoms with E-state index >= 15 is 0 Å². The van der Waals surface area contributed by atoms with Crippen LogP contribution in [0.2, 0.25) is 0 Å². The topological polar surface area (TPSA) is 77.6 Å². The molecular formula is C16H18N6O. The molecule has 0 unspecified atom stereocenters. The van der Waals surface area contributed by atoms with E-state index in [9.17, 15) is 4.79 Å². The number of nitrogens with one attached hydrogen (secondary N) is 1. The lowest BCUT2D eigenvalue weighted by molar-refractivity contribution is -0.115. The number of amides is 1. The summed E-state index contributed by atoms with van der Waals surface area (Å²) in [6.07, 6.45) is 3.53. The number of hydrogen-bond donors (Lipinski definition) is 1. The third kappa shape index (κ3) is 3.28. The van der Waals surface area contributed by atoms with Crippen LogP contribution in [0.25, 0.3) is 5.69 Å². The molecule has 0 saturated carbocycles. The molecule has 2 aromatic heterocycles. The predicted octanol–water partition coefficient (Wildman–Crippen LogP) is 1.80. The summed E-state index contributed by atoms with van der Waals surface area (Å²) in [5, 5.41) is 6.94. The summed E-state index contributed by atoms with van der Waals surface area (Å²) < 4.78 is 3.59. The van der Waals surface area contributed by atoms with Crippen LogP contribution in [0.3, 0.4) is 0 Å². The zero-order valence-corrected chi connectivity index (χ0v) is 13.3. The molecule has 3 rings (SSSR count). The van der Waals surface area contributed by atoms with Gasteiger partial charge in [0.05, 0.1) is 18.4 Å². The van der Waals surface area contributed by atoms with Crippen LogP contribution in [0.5, 0.6) is 0 Å². The zero-order valence-electron chi connectivity index (χ0n) is 13.3. The molecule has 118 valence electrons. The summed E-state index contributed by atoms with van der Waals surface area (Å²) in [4.78, 5) is 20.3. The first kappa shape index (κ1) is 15.0. The number of anilines is 1. The van der Waals surface area contributed by atoms with Gasteiger partial charge in [0.15, 0.2) is 5.82 Å². The van der Waals surface area contributed by atoms with Crippen molar-refractivity contribution < 1.29 is 4.79 Å². The highest BCUT2D eigenvalue weighted by Crippen LogP contribution is 2.16. The number of rotatable bonds is 4. The van der Waals surface area contributed by atoms with Gasteiger partial charge in [0.1, 0.15) is 6.33 Å². The molecule has 0 aliphatic rings. The van der Waals surface area contributed by atoms with Crippen LogP contribution >= 0.6 is 0 Å². The maximum absolute atomic E-state index is 12.0. The first-order valence-corrected chi connectivity index (χ1v) is 7.28. The number of carbonyl (C=O) groups is 1. The third-order valence-corrected chi connectivity index (χ3v) is 3.65. The normalized spacial score (nSPS) is 10.7. The van der Waals surface area contributed by atoms with Crippen molar-refractivity contribution in [1.82, 2.24) is 24.3 Å². The van der Waals surface area contributed by atoms with Gasteiger partial charge in [-0.3, -0.25) is 9.48 Å². The van der Waals surface area contributed by atoms with E-state index in [1.54, 1.807) is 24.4 Å². The van der Waals surface area contributed by atoms with Crippen molar-refractivity contribution in [3.63, 3.8) is 0 Å². The molecule has 1 aromatic carbocycles. The number of benzene rings is 1. The van der Waals surface area contributed by atoms with Crippen LogP contribution in [-0.4, -0.2) is 30.2 Å². The highest BCUT2D eigenvalue weighted by molar-refractivity contribution is 5.91. The summed E-state index contributed by atoms with van der Waals surface area (Å²) in [6.45, 7) is 4.00. The molecular weight excluding hydrogens is 292 g/mol. The highest BCUT2D eigenvalue weighted by atomic mass is 16.1. The molecule has 7 nitrogen and oxygen atoms in total. The Balaban J connectivity index is 1.67. The van der Waals surface area contributed by atoms with E-state index in [2.05, 4.69) is 20.4 Å². The predicted molar refractivity (Wildman–Crippen MR) is 86.4 cm³/mol. The second-order valence-electron chi connectivity index (χ2n) is 5.39. The van der Waals surface area contributed by atoms with E-state index < -0.39 is 0 Å². The van der Waals surface area contributed by atoms with Crippen LogP contribution in [-0.2, 0) is 18.3 Å². The van der Waals surface area contributed by atoms with Gasteiger partial charge in [-0.25, -0.2) is 9.97 Å². The molecule has 0 saturated heterocycles. The summed E-state index contributed by atoms with van der Waals surface area (Å²) in [7, 11) is 1.77. The smallest absolute Gasteiger partial charge is 0.232 e. The fourth-order valence-electron chi connectivity index (χ4n) is 2.28. The molecule has 2 heterocycles. The Labute approximate surface area is 134 Å². The van der Waals surface area contributed by atoms with Gasteiger partial charge in [0.2, 0.25) is 5.91 Å². The molecule has 3 aromatic rings. The van der Waals surface area contributed by atoms with Gasteiger partial charge < -0.3 is 9.88 Å². The average molecular weight is 310 g/mol. The van der Waals surface area contributed by atoms with Crippen LogP contribution in [0.4, 0.5) is 5.69 Å². The number of imidazole rings is 1. The van der Waals surface area contributed by atoms with Crippen molar-refractivity contribution in [1.29, 1.82) is 0 Å². The fourth-order valence-corrected chi connectivity index (χ4v) is 2.28. The molecule has 0 spiro atoms. The average Bonchev–Trinajstić information content (AvgIpc) is 3.07. The molecule has 0 radical (unpaired) electrons. The van der Waals surface area contributed by atoms with Crippen LogP contribution < -0.4 is 5.32 Å². The van der Waals surface area contributed by atoms with E-state index in [1.165, 1.54) is 0 Å². The molecule has 7 heteroatoms. The van der Waals surface area contributed by atoms with E-state index in [1.807, 2.05) is 42.7 Å². The minimum absolute atomic E-state index is 0.140. The lowest BCUT2D eigenvalue weighted by atomic mass is 10.2. The van der Waals surface area contributed by atoms with Gasteiger partial charge in [0.25, 0.3) is 0 Å². The minimum Gasteiger partial charge on any atom is -0.326 e. The summed E-state index contributed by atoms with van der Waals surface area (Å²) >= 11 is 0. The van der Waals surface area contributed by atoms with E-state index in [0.29, 0.717) is 5.82 Å². The lowest BCUT2D eigenvalue weighted by Gasteiger charge is -2.08.